The molecule has 0 aliphatic carbocycles. The van der Waals surface area contributed by atoms with Gasteiger partial charge in [-0.1, -0.05) is 64.7 Å². The zero-order chi connectivity index (χ0) is 13.5. The van der Waals surface area contributed by atoms with Crippen molar-refractivity contribution in [1.82, 2.24) is 0 Å². The highest BCUT2D eigenvalue weighted by Crippen LogP contribution is 2.13. The second-order valence-electron chi connectivity index (χ2n) is 5.39. The SMILES string of the molecule is CC(C=O)CCCCCCCCCCCCC=O. The minimum Gasteiger partial charge on any atom is -0.303 e. The standard InChI is InChI=1S/C16H30O2/c1-16(15-18)13-11-9-7-5-3-2-4-6-8-10-12-14-17/h14-16H,2-13H2,1H3. The van der Waals surface area contributed by atoms with Gasteiger partial charge in [0.1, 0.15) is 12.6 Å². The van der Waals surface area contributed by atoms with Crippen molar-refractivity contribution in [2.75, 3.05) is 0 Å². The van der Waals surface area contributed by atoms with E-state index in [9.17, 15) is 9.59 Å². The van der Waals surface area contributed by atoms with Gasteiger partial charge in [-0.05, 0) is 12.8 Å². The molecule has 0 fully saturated rings. The third kappa shape index (κ3) is 13.4. The molecule has 0 aliphatic heterocycles. The van der Waals surface area contributed by atoms with Crippen LogP contribution in [0.1, 0.15) is 84.0 Å². The molecule has 0 bridgehead atoms. The number of carbonyl (C=O) groups is 2. The molecule has 106 valence electrons. The molecular weight excluding hydrogens is 224 g/mol. The molecule has 0 saturated heterocycles. The van der Waals surface area contributed by atoms with Crippen molar-refractivity contribution in [2.45, 2.75) is 84.0 Å². The van der Waals surface area contributed by atoms with Crippen LogP contribution in [0.5, 0.6) is 0 Å². The van der Waals surface area contributed by atoms with Gasteiger partial charge in [0.05, 0.1) is 0 Å². The van der Waals surface area contributed by atoms with E-state index < -0.39 is 0 Å². The molecule has 0 aromatic carbocycles. The van der Waals surface area contributed by atoms with E-state index in [1.165, 1.54) is 57.8 Å². The summed E-state index contributed by atoms with van der Waals surface area (Å²) in [4.78, 5) is 20.5. The molecule has 2 nitrogen and oxygen atoms in total. The summed E-state index contributed by atoms with van der Waals surface area (Å²) in [7, 11) is 0. The van der Waals surface area contributed by atoms with Gasteiger partial charge in [-0.15, -0.1) is 0 Å². The van der Waals surface area contributed by atoms with E-state index in [1.54, 1.807) is 0 Å². The second-order valence-corrected chi connectivity index (χ2v) is 5.39. The Hall–Kier alpha value is -0.660. The minimum atomic E-state index is 0.247. The van der Waals surface area contributed by atoms with Gasteiger partial charge in [0, 0.05) is 12.3 Å². The molecule has 0 aliphatic rings. The number of rotatable bonds is 14. The highest BCUT2D eigenvalue weighted by atomic mass is 16.1. The lowest BCUT2D eigenvalue weighted by atomic mass is 10.0. The van der Waals surface area contributed by atoms with Gasteiger partial charge in [-0.25, -0.2) is 0 Å². The maximum atomic E-state index is 10.4. The Labute approximate surface area is 113 Å². The van der Waals surface area contributed by atoms with Crippen molar-refractivity contribution in [3.05, 3.63) is 0 Å². The molecule has 2 heteroatoms. The first-order valence-corrected chi connectivity index (χ1v) is 7.70. The Balaban J connectivity index is 2.98. The largest absolute Gasteiger partial charge is 0.303 e. The fraction of sp³-hybridized carbons (Fsp3) is 0.875. The van der Waals surface area contributed by atoms with E-state index in [0.29, 0.717) is 0 Å². The summed E-state index contributed by atoms with van der Waals surface area (Å²) in [6.07, 6.45) is 16.6. The highest BCUT2D eigenvalue weighted by molar-refractivity contribution is 5.52. The lowest BCUT2D eigenvalue weighted by Gasteiger charge is -2.04. The van der Waals surface area contributed by atoms with Crippen LogP contribution in [0.4, 0.5) is 0 Å². The molecule has 0 N–H and O–H groups in total. The normalized spacial score (nSPS) is 12.3. The van der Waals surface area contributed by atoms with Gasteiger partial charge in [0.2, 0.25) is 0 Å². The molecule has 1 unspecified atom stereocenters. The van der Waals surface area contributed by atoms with Crippen LogP contribution in [0.15, 0.2) is 0 Å². The molecule has 18 heavy (non-hydrogen) atoms. The van der Waals surface area contributed by atoms with E-state index >= 15 is 0 Å². The quantitative estimate of drug-likeness (QED) is 0.332. The number of unbranched alkanes of at least 4 members (excludes halogenated alkanes) is 10. The van der Waals surface area contributed by atoms with Crippen LogP contribution in [0.2, 0.25) is 0 Å². The molecule has 0 amide bonds. The number of carbonyl (C=O) groups excluding carboxylic acids is 2. The lowest BCUT2D eigenvalue weighted by molar-refractivity contribution is -0.111. The minimum absolute atomic E-state index is 0.247. The Morgan fingerprint density at radius 1 is 0.722 bits per heavy atom. The van der Waals surface area contributed by atoms with Gasteiger partial charge in [-0.3, -0.25) is 0 Å². The highest BCUT2D eigenvalue weighted by Gasteiger charge is 1.98. The number of aldehydes is 2. The van der Waals surface area contributed by atoms with Crippen molar-refractivity contribution in [2.24, 2.45) is 5.92 Å². The summed E-state index contributed by atoms with van der Waals surface area (Å²) in [5, 5.41) is 0. The zero-order valence-corrected chi connectivity index (χ0v) is 12.0. The van der Waals surface area contributed by atoms with Gasteiger partial charge >= 0.3 is 0 Å². The Morgan fingerprint density at radius 3 is 1.61 bits per heavy atom. The molecule has 0 radical (unpaired) electrons. The first-order chi connectivity index (χ1) is 8.81. The van der Waals surface area contributed by atoms with Crippen molar-refractivity contribution < 1.29 is 9.59 Å². The fourth-order valence-electron chi connectivity index (χ4n) is 2.18. The van der Waals surface area contributed by atoms with Gasteiger partial charge in [0.25, 0.3) is 0 Å². The summed E-state index contributed by atoms with van der Waals surface area (Å²) < 4.78 is 0. The van der Waals surface area contributed by atoms with E-state index in [1.807, 2.05) is 6.92 Å². The summed E-state index contributed by atoms with van der Waals surface area (Å²) in [6.45, 7) is 2.00. The van der Waals surface area contributed by atoms with Gasteiger partial charge in [0.15, 0.2) is 0 Å². The van der Waals surface area contributed by atoms with Crippen LogP contribution in [0.3, 0.4) is 0 Å². The van der Waals surface area contributed by atoms with Gasteiger partial charge < -0.3 is 9.59 Å². The molecule has 0 aromatic rings. The first kappa shape index (κ1) is 17.3. The zero-order valence-electron chi connectivity index (χ0n) is 12.0. The maximum absolute atomic E-state index is 10.4. The third-order valence-corrected chi connectivity index (χ3v) is 3.46. The average molecular weight is 254 g/mol. The molecule has 0 spiro atoms. The predicted octanol–water partition coefficient (Wildman–Crippen LogP) is 4.70. The smallest absolute Gasteiger partial charge is 0.122 e. The number of hydrogen-bond donors (Lipinski definition) is 0. The van der Waals surface area contributed by atoms with Crippen molar-refractivity contribution in [3.63, 3.8) is 0 Å². The lowest BCUT2D eigenvalue weighted by Crippen LogP contribution is -1.94. The first-order valence-electron chi connectivity index (χ1n) is 7.70. The molecule has 0 saturated carbocycles. The summed E-state index contributed by atoms with van der Waals surface area (Å²) in [5.41, 5.74) is 0. The maximum Gasteiger partial charge on any atom is 0.122 e. The van der Waals surface area contributed by atoms with Crippen molar-refractivity contribution in [3.8, 4) is 0 Å². The van der Waals surface area contributed by atoms with Crippen LogP contribution in [-0.4, -0.2) is 12.6 Å². The average Bonchev–Trinajstić information content (AvgIpc) is 2.39. The van der Waals surface area contributed by atoms with Gasteiger partial charge in [-0.2, -0.15) is 0 Å². The fourth-order valence-corrected chi connectivity index (χ4v) is 2.18. The second kappa shape index (κ2) is 14.4. The topological polar surface area (TPSA) is 34.1 Å². The van der Waals surface area contributed by atoms with Crippen molar-refractivity contribution >= 4 is 12.6 Å². The monoisotopic (exact) mass is 254 g/mol. The molecule has 1 atom stereocenters. The summed E-state index contributed by atoms with van der Waals surface area (Å²) in [6, 6.07) is 0. The van der Waals surface area contributed by atoms with Crippen LogP contribution >= 0.6 is 0 Å². The van der Waals surface area contributed by atoms with Crippen LogP contribution in [0, 0.1) is 5.92 Å². The predicted molar refractivity (Wildman–Crippen MR) is 76.7 cm³/mol. The van der Waals surface area contributed by atoms with Crippen LogP contribution in [0.25, 0.3) is 0 Å². The third-order valence-electron chi connectivity index (χ3n) is 3.46. The number of hydrogen-bond acceptors (Lipinski definition) is 2. The molecular formula is C16H30O2. The molecule has 0 rings (SSSR count). The van der Waals surface area contributed by atoms with Crippen LogP contribution < -0.4 is 0 Å². The Kier molecular flexibility index (Phi) is 13.9. The summed E-state index contributed by atoms with van der Waals surface area (Å²) >= 11 is 0. The molecule has 0 aromatic heterocycles. The van der Waals surface area contributed by atoms with E-state index in [0.717, 1.165) is 31.8 Å². The Bertz CT molecular complexity index is 190. The van der Waals surface area contributed by atoms with Crippen LogP contribution in [-0.2, 0) is 9.59 Å². The van der Waals surface area contributed by atoms with Crippen molar-refractivity contribution in [1.29, 1.82) is 0 Å². The van der Waals surface area contributed by atoms with E-state index in [-0.39, 0.29) is 5.92 Å². The van der Waals surface area contributed by atoms with E-state index in [2.05, 4.69) is 0 Å². The summed E-state index contributed by atoms with van der Waals surface area (Å²) in [5.74, 6) is 0.247. The molecule has 0 heterocycles. The van der Waals surface area contributed by atoms with E-state index in [4.69, 9.17) is 0 Å². The Morgan fingerprint density at radius 2 is 1.17 bits per heavy atom.